The zero-order chi connectivity index (χ0) is 17.0. The molecule has 2 rings (SSSR count). The fourth-order valence-electron chi connectivity index (χ4n) is 2.77. The van der Waals surface area contributed by atoms with E-state index < -0.39 is 12.1 Å². The molecule has 0 aromatic heterocycles. The van der Waals surface area contributed by atoms with Crippen LogP contribution in [0.4, 0.5) is 0 Å². The molecule has 7 heteroatoms. The lowest BCUT2D eigenvalue weighted by Crippen LogP contribution is -2.43. The first-order valence-corrected chi connectivity index (χ1v) is 7.41. The standard InChI is InChI=1S/C16H22N2O5/c1-17(10-16(21)22)13-8-18(9-14(13)19)15(20)7-11-3-5-12(23-2)6-4-11/h3-6,13-14,19H,7-10H2,1-2H3,(H,21,22)/t13-,14+/m0/s1. The van der Waals surface area contributed by atoms with Crippen LogP contribution in [0.2, 0.25) is 0 Å². The summed E-state index contributed by atoms with van der Waals surface area (Å²) in [5.41, 5.74) is 0.868. The second kappa shape index (κ2) is 7.43. The molecule has 0 spiro atoms. The van der Waals surface area contributed by atoms with Gasteiger partial charge in [0.15, 0.2) is 0 Å². The summed E-state index contributed by atoms with van der Waals surface area (Å²) in [5, 5.41) is 18.9. The summed E-state index contributed by atoms with van der Waals surface area (Å²) >= 11 is 0. The number of aliphatic hydroxyl groups is 1. The Morgan fingerprint density at radius 1 is 1.30 bits per heavy atom. The quantitative estimate of drug-likeness (QED) is 0.755. The summed E-state index contributed by atoms with van der Waals surface area (Å²) in [4.78, 5) is 26.3. The van der Waals surface area contributed by atoms with Crippen LogP contribution in [0.3, 0.4) is 0 Å². The van der Waals surface area contributed by atoms with E-state index in [9.17, 15) is 14.7 Å². The number of amides is 1. The Hall–Kier alpha value is -2.12. The van der Waals surface area contributed by atoms with Gasteiger partial charge < -0.3 is 19.8 Å². The molecule has 2 N–H and O–H groups in total. The average molecular weight is 322 g/mol. The first-order chi connectivity index (χ1) is 10.9. The van der Waals surface area contributed by atoms with Gasteiger partial charge in [-0.15, -0.1) is 0 Å². The highest BCUT2D eigenvalue weighted by Gasteiger charge is 2.36. The van der Waals surface area contributed by atoms with Crippen LogP contribution in [0.1, 0.15) is 5.56 Å². The summed E-state index contributed by atoms with van der Waals surface area (Å²) < 4.78 is 5.08. The zero-order valence-electron chi connectivity index (χ0n) is 13.3. The van der Waals surface area contributed by atoms with Gasteiger partial charge in [0.1, 0.15) is 5.75 Å². The van der Waals surface area contributed by atoms with Crippen molar-refractivity contribution in [3.63, 3.8) is 0 Å². The van der Waals surface area contributed by atoms with Crippen molar-refractivity contribution in [2.75, 3.05) is 33.8 Å². The van der Waals surface area contributed by atoms with Crippen molar-refractivity contribution < 1.29 is 24.5 Å². The SMILES string of the molecule is COc1ccc(CC(=O)N2C[C@@H](O)[C@@H](N(C)CC(=O)O)C2)cc1. The molecule has 1 heterocycles. The average Bonchev–Trinajstić information content (AvgIpc) is 2.89. The number of aliphatic hydroxyl groups excluding tert-OH is 1. The minimum atomic E-state index is -0.956. The van der Waals surface area contributed by atoms with Crippen molar-refractivity contribution in [3.05, 3.63) is 29.8 Å². The van der Waals surface area contributed by atoms with Crippen LogP contribution in [0.15, 0.2) is 24.3 Å². The highest BCUT2D eigenvalue weighted by atomic mass is 16.5. The molecule has 1 aliphatic rings. The number of nitrogens with zero attached hydrogens (tertiary/aromatic N) is 2. The predicted octanol–water partition coefficient (Wildman–Crippen LogP) is -0.174. The molecular weight excluding hydrogens is 300 g/mol. The molecule has 1 aliphatic heterocycles. The van der Waals surface area contributed by atoms with Crippen LogP contribution in [0, 0.1) is 0 Å². The first-order valence-electron chi connectivity index (χ1n) is 7.41. The van der Waals surface area contributed by atoms with E-state index in [0.717, 1.165) is 11.3 Å². The molecule has 0 unspecified atom stereocenters. The zero-order valence-corrected chi connectivity index (χ0v) is 13.3. The Morgan fingerprint density at radius 2 is 1.96 bits per heavy atom. The third-order valence-electron chi connectivity index (χ3n) is 4.08. The number of likely N-dealkylation sites (N-methyl/N-ethyl adjacent to an activating group) is 1. The number of rotatable bonds is 6. The Balaban J connectivity index is 1.93. The van der Waals surface area contributed by atoms with Crippen molar-refractivity contribution in [1.29, 1.82) is 0 Å². The fraction of sp³-hybridized carbons (Fsp3) is 0.500. The van der Waals surface area contributed by atoms with E-state index in [1.165, 1.54) is 0 Å². The normalized spacial score (nSPS) is 20.8. The van der Waals surface area contributed by atoms with Crippen molar-refractivity contribution in [1.82, 2.24) is 9.80 Å². The largest absolute Gasteiger partial charge is 0.497 e. The Kier molecular flexibility index (Phi) is 5.57. The van der Waals surface area contributed by atoms with Gasteiger partial charge in [-0.05, 0) is 24.7 Å². The van der Waals surface area contributed by atoms with E-state index >= 15 is 0 Å². The van der Waals surface area contributed by atoms with Crippen molar-refractivity contribution in [2.24, 2.45) is 0 Å². The number of carboxylic acids is 1. The van der Waals surface area contributed by atoms with Gasteiger partial charge in [0.25, 0.3) is 0 Å². The van der Waals surface area contributed by atoms with Crippen molar-refractivity contribution >= 4 is 11.9 Å². The van der Waals surface area contributed by atoms with E-state index in [1.807, 2.05) is 12.1 Å². The number of benzene rings is 1. The van der Waals surface area contributed by atoms with Gasteiger partial charge in [-0.25, -0.2) is 0 Å². The summed E-state index contributed by atoms with van der Waals surface area (Å²) in [6.07, 6.45) is -0.495. The third-order valence-corrected chi connectivity index (χ3v) is 4.08. The summed E-state index contributed by atoms with van der Waals surface area (Å²) in [6.45, 7) is 0.395. The Labute approximate surface area is 135 Å². The predicted molar refractivity (Wildman–Crippen MR) is 83.3 cm³/mol. The fourth-order valence-corrected chi connectivity index (χ4v) is 2.77. The Bertz CT molecular complexity index is 560. The smallest absolute Gasteiger partial charge is 0.317 e. The van der Waals surface area contributed by atoms with Crippen LogP contribution in [0.25, 0.3) is 0 Å². The van der Waals surface area contributed by atoms with Crippen LogP contribution < -0.4 is 4.74 Å². The molecule has 1 fully saturated rings. The van der Waals surface area contributed by atoms with Crippen LogP contribution in [-0.2, 0) is 16.0 Å². The molecule has 1 aromatic rings. The van der Waals surface area contributed by atoms with Gasteiger partial charge in [-0.1, -0.05) is 12.1 Å². The number of hydrogen-bond acceptors (Lipinski definition) is 5. The van der Waals surface area contributed by atoms with E-state index in [-0.39, 0.29) is 31.5 Å². The van der Waals surface area contributed by atoms with E-state index in [0.29, 0.717) is 6.54 Å². The number of carbonyl (C=O) groups is 2. The second-order valence-electron chi connectivity index (χ2n) is 5.77. The van der Waals surface area contributed by atoms with Gasteiger partial charge in [0, 0.05) is 13.1 Å². The van der Waals surface area contributed by atoms with Gasteiger partial charge in [-0.3, -0.25) is 14.5 Å². The molecule has 1 aromatic carbocycles. The molecule has 2 atom stereocenters. The lowest BCUT2D eigenvalue weighted by Gasteiger charge is -2.24. The summed E-state index contributed by atoms with van der Waals surface area (Å²) in [5.74, 6) is -0.309. The molecule has 126 valence electrons. The van der Waals surface area contributed by atoms with Crippen molar-refractivity contribution in [2.45, 2.75) is 18.6 Å². The van der Waals surface area contributed by atoms with E-state index in [4.69, 9.17) is 9.84 Å². The Morgan fingerprint density at radius 3 is 2.52 bits per heavy atom. The van der Waals surface area contributed by atoms with Gasteiger partial charge in [-0.2, -0.15) is 0 Å². The molecule has 1 amide bonds. The highest BCUT2D eigenvalue weighted by Crippen LogP contribution is 2.18. The molecule has 0 radical (unpaired) electrons. The van der Waals surface area contributed by atoms with E-state index in [1.54, 1.807) is 36.1 Å². The van der Waals surface area contributed by atoms with E-state index in [2.05, 4.69) is 0 Å². The van der Waals surface area contributed by atoms with Crippen LogP contribution >= 0.6 is 0 Å². The molecule has 0 saturated carbocycles. The number of methoxy groups -OCH3 is 1. The van der Waals surface area contributed by atoms with Crippen molar-refractivity contribution in [3.8, 4) is 5.75 Å². The maximum Gasteiger partial charge on any atom is 0.317 e. The lowest BCUT2D eigenvalue weighted by molar-refractivity contribution is -0.138. The van der Waals surface area contributed by atoms with Gasteiger partial charge in [0.05, 0.1) is 32.2 Å². The van der Waals surface area contributed by atoms with Crippen LogP contribution in [-0.4, -0.2) is 77.8 Å². The number of aliphatic carboxylic acids is 1. The number of hydrogen-bond donors (Lipinski definition) is 2. The topological polar surface area (TPSA) is 90.3 Å². The highest BCUT2D eigenvalue weighted by molar-refractivity contribution is 5.79. The number of β-amino-alcohol motifs (C(OH)–C–C–N with tert-alkyl or cyclic N) is 1. The number of ether oxygens (including phenoxy) is 1. The van der Waals surface area contributed by atoms with Gasteiger partial charge >= 0.3 is 5.97 Å². The lowest BCUT2D eigenvalue weighted by atomic mass is 10.1. The molecule has 7 nitrogen and oxygen atoms in total. The first kappa shape index (κ1) is 17.2. The third kappa shape index (κ3) is 4.43. The summed E-state index contributed by atoms with van der Waals surface area (Å²) in [6, 6.07) is 6.90. The maximum absolute atomic E-state index is 12.4. The minimum absolute atomic E-state index is 0.0829. The molecule has 1 saturated heterocycles. The molecule has 23 heavy (non-hydrogen) atoms. The maximum atomic E-state index is 12.4. The molecule has 0 aliphatic carbocycles. The summed E-state index contributed by atoms with van der Waals surface area (Å²) in [7, 11) is 3.22. The van der Waals surface area contributed by atoms with Gasteiger partial charge in [0.2, 0.25) is 5.91 Å². The number of carboxylic acid groups (broad SMARTS) is 1. The van der Waals surface area contributed by atoms with Crippen LogP contribution in [0.5, 0.6) is 5.75 Å². The molecule has 0 bridgehead atoms. The molecular formula is C16H22N2O5. The number of carbonyl (C=O) groups excluding carboxylic acids is 1. The second-order valence-corrected chi connectivity index (χ2v) is 5.77. The monoisotopic (exact) mass is 322 g/mol. The number of likely N-dealkylation sites (tertiary alicyclic amines) is 1. The minimum Gasteiger partial charge on any atom is -0.497 e.